The molecular formula is C16H13ClN2O3. The molecule has 1 fully saturated rings. The highest BCUT2D eigenvalue weighted by atomic mass is 35.5. The predicted octanol–water partition coefficient (Wildman–Crippen LogP) is 3.91. The van der Waals surface area contributed by atoms with Crippen molar-refractivity contribution < 1.29 is 13.9 Å². The number of nitrogens with zero attached hydrogens (tertiary/aromatic N) is 2. The summed E-state index contributed by atoms with van der Waals surface area (Å²) in [7, 11) is 1.31. The molecular weight excluding hydrogens is 304 g/mol. The fourth-order valence-corrected chi connectivity index (χ4v) is 2.87. The van der Waals surface area contributed by atoms with Crippen LogP contribution in [0.15, 0.2) is 34.9 Å². The third kappa shape index (κ3) is 2.01. The summed E-state index contributed by atoms with van der Waals surface area (Å²) >= 11 is 6.35. The molecule has 5 nitrogen and oxygen atoms in total. The van der Waals surface area contributed by atoms with Gasteiger partial charge >= 0.3 is 5.97 Å². The molecule has 112 valence electrons. The van der Waals surface area contributed by atoms with Crippen molar-refractivity contribution in [3.05, 3.63) is 46.8 Å². The van der Waals surface area contributed by atoms with Crippen LogP contribution < -0.4 is 0 Å². The normalized spacial score (nSPS) is 14.5. The zero-order valence-electron chi connectivity index (χ0n) is 11.9. The summed E-state index contributed by atoms with van der Waals surface area (Å²) in [6.45, 7) is 0. The lowest BCUT2D eigenvalue weighted by atomic mass is 10.1. The minimum Gasteiger partial charge on any atom is -0.464 e. The van der Waals surface area contributed by atoms with Gasteiger partial charge in [0, 0.05) is 0 Å². The molecule has 0 N–H and O–H groups in total. The Kier molecular flexibility index (Phi) is 2.97. The van der Waals surface area contributed by atoms with Crippen LogP contribution in [-0.4, -0.2) is 22.7 Å². The Morgan fingerprint density at radius 1 is 1.45 bits per heavy atom. The number of ether oxygens (including phenoxy) is 1. The molecule has 1 saturated carbocycles. The second-order valence-electron chi connectivity index (χ2n) is 5.38. The van der Waals surface area contributed by atoms with Crippen molar-refractivity contribution in [2.75, 3.05) is 7.11 Å². The highest BCUT2D eigenvalue weighted by molar-refractivity contribution is 6.36. The first-order valence-corrected chi connectivity index (χ1v) is 7.41. The van der Waals surface area contributed by atoms with Crippen LogP contribution in [0.3, 0.4) is 0 Å². The number of methoxy groups -OCH3 is 1. The Morgan fingerprint density at radius 3 is 2.91 bits per heavy atom. The molecule has 0 aliphatic heterocycles. The van der Waals surface area contributed by atoms with Crippen LogP contribution in [0.25, 0.3) is 17.0 Å². The van der Waals surface area contributed by atoms with E-state index >= 15 is 0 Å². The van der Waals surface area contributed by atoms with Gasteiger partial charge in [0.15, 0.2) is 11.5 Å². The number of carbonyl (C=O) groups excluding carboxylic acids is 1. The Labute approximate surface area is 131 Å². The van der Waals surface area contributed by atoms with Crippen LogP contribution in [-0.2, 0) is 4.74 Å². The topological polar surface area (TPSA) is 56.7 Å². The van der Waals surface area contributed by atoms with Crippen molar-refractivity contribution in [2.45, 2.75) is 18.8 Å². The smallest absolute Gasteiger partial charge is 0.360 e. The van der Waals surface area contributed by atoms with Crippen molar-refractivity contribution in [1.82, 2.24) is 9.61 Å². The zero-order valence-corrected chi connectivity index (χ0v) is 12.6. The van der Waals surface area contributed by atoms with Gasteiger partial charge in [0.1, 0.15) is 10.7 Å². The monoisotopic (exact) mass is 316 g/mol. The third-order valence-electron chi connectivity index (χ3n) is 3.90. The molecule has 0 amide bonds. The first-order chi connectivity index (χ1) is 10.7. The molecule has 3 aromatic heterocycles. The number of aromatic nitrogens is 2. The SMILES string of the molecule is COC(=O)c1nn2c(-c3ccco3)cc(C3CC3)cc2c1Cl. The molecule has 6 heteroatoms. The fourth-order valence-electron chi connectivity index (χ4n) is 2.62. The molecule has 22 heavy (non-hydrogen) atoms. The molecule has 1 aliphatic rings. The van der Waals surface area contributed by atoms with Gasteiger partial charge in [-0.3, -0.25) is 0 Å². The van der Waals surface area contributed by atoms with E-state index in [0.29, 0.717) is 22.2 Å². The second kappa shape index (κ2) is 4.88. The van der Waals surface area contributed by atoms with Crippen LogP contribution in [0.1, 0.15) is 34.8 Å². The highest BCUT2D eigenvalue weighted by Gasteiger charge is 2.27. The van der Waals surface area contributed by atoms with E-state index in [1.165, 1.54) is 25.5 Å². The van der Waals surface area contributed by atoms with Gasteiger partial charge < -0.3 is 9.15 Å². The van der Waals surface area contributed by atoms with Gasteiger partial charge in [0.05, 0.1) is 18.9 Å². The molecule has 0 aromatic carbocycles. The predicted molar refractivity (Wildman–Crippen MR) is 81.2 cm³/mol. The van der Waals surface area contributed by atoms with Gasteiger partial charge in [0.2, 0.25) is 0 Å². The average Bonchev–Trinajstić information content (AvgIpc) is 3.14. The lowest BCUT2D eigenvalue weighted by Gasteiger charge is -2.06. The largest absolute Gasteiger partial charge is 0.464 e. The van der Waals surface area contributed by atoms with E-state index in [9.17, 15) is 4.79 Å². The van der Waals surface area contributed by atoms with E-state index < -0.39 is 5.97 Å². The molecule has 0 saturated heterocycles. The number of esters is 1. The number of hydrogen-bond donors (Lipinski definition) is 0. The highest BCUT2D eigenvalue weighted by Crippen LogP contribution is 2.42. The number of halogens is 1. The number of fused-ring (bicyclic) bond motifs is 1. The van der Waals surface area contributed by atoms with Crippen molar-refractivity contribution in [3.8, 4) is 11.5 Å². The van der Waals surface area contributed by atoms with Crippen LogP contribution in [0.4, 0.5) is 0 Å². The molecule has 4 rings (SSSR count). The molecule has 3 aromatic rings. The molecule has 0 spiro atoms. The average molecular weight is 317 g/mol. The van der Waals surface area contributed by atoms with E-state index in [1.54, 1.807) is 10.8 Å². The lowest BCUT2D eigenvalue weighted by Crippen LogP contribution is -2.03. The quantitative estimate of drug-likeness (QED) is 0.687. The van der Waals surface area contributed by atoms with Crippen molar-refractivity contribution in [2.24, 2.45) is 0 Å². The minimum absolute atomic E-state index is 0.116. The van der Waals surface area contributed by atoms with Crippen LogP contribution in [0, 0.1) is 0 Å². The Morgan fingerprint density at radius 2 is 2.27 bits per heavy atom. The van der Waals surface area contributed by atoms with Gasteiger partial charge in [-0.2, -0.15) is 5.10 Å². The number of hydrogen-bond acceptors (Lipinski definition) is 4. The summed E-state index contributed by atoms with van der Waals surface area (Å²) in [5, 5.41) is 4.62. The number of carbonyl (C=O) groups is 1. The maximum absolute atomic E-state index is 11.8. The summed E-state index contributed by atoms with van der Waals surface area (Å²) in [4.78, 5) is 11.8. The number of pyridine rings is 1. The van der Waals surface area contributed by atoms with E-state index in [-0.39, 0.29) is 5.69 Å². The Bertz CT molecular complexity index is 863. The van der Waals surface area contributed by atoms with Crippen LogP contribution >= 0.6 is 11.6 Å². The molecule has 0 bridgehead atoms. The number of furan rings is 1. The Balaban J connectivity index is 2.01. The molecule has 0 radical (unpaired) electrons. The summed E-state index contributed by atoms with van der Waals surface area (Å²) < 4.78 is 11.9. The van der Waals surface area contributed by atoms with E-state index in [4.69, 9.17) is 20.8 Å². The first kappa shape index (κ1) is 13.4. The summed E-state index contributed by atoms with van der Waals surface area (Å²) in [6, 6.07) is 7.72. The summed E-state index contributed by atoms with van der Waals surface area (Å²) in [6.07, 6.45) is 3.95. The van der Waals surface area contributed by atoms with Crippen molar-refractivity contribution in [1.29, 1.82) is 0 Å². The van der Waals surface area contributed by atoms with Crippen LogP contribution in [0.2, 0.25) is 5.02 Å². The fraction of sp³-hybridized carbons (Fsp3) is 0.250. The van der Waals surface area contributed by atoms with Crippen LogP contribution in [0.5, 0.6) is 0 Å². The number of rotatable bonds is 3. The maximum Gasteiger partial charge on any atom is 0.360 e. The van der Waals surface area contributed by atoms with Crippen molar-refractivity contribution >= 4 is 23.1 Å². The molecule has 0 unspecified atom stereocenters. The van der Waals surface area contributed by atoms with E-state index in [2.05, 4.69) is 5.10 Å². The van der Waals surface area contributed by atoms with Crippen molar-refractivity contribution in [3.63, 3.8) is 0 Å². The van der Waals surface area contributed by atoms with Gasteiger partial charge in [-0.15, -0.1) is 0 Å². The minimum atomic E-state index is -0.549. The van der Waals surface area contributed by atoms with E-state index in [0.717, 1.165) is 5.69 Å². The van der Waals surface area contributed by atoms with E-state index in [1.807, 2.05) is 24.3 Å². The molecule has 0 atom stereocenters. The van der Waals surface area contributed by atoms with Gasteiger partial charge in [0.25, 0.3) is 0 Å². The second-order valence-corrected chi connectivity index (χ2v) is 5.75. The molecule has 1 aliphatic carbocycles. The Hall–Kier alpha value is -2.27. The summed E-state index contributed by atoms with van der Waals surface area (Å²) in [5.41, 5.74) is 2.78. The van der Waals surface area contributed by atoms with Gasteiger partial charge in [-0.1, -0.05) is 11.6 Å². The zero-order chi connectivity index (χ0) is 15.3. The third-order valence-corrected chi connectivity index (χ3v) is 4.27. The summed E-state index contributed by atoms with van der Waals surface area (Å²) in [5.74, 6) is 0.682. The maximum atomic E-state index is 11.8. The lowest BCUT2D eigenvalue weighted by molar-refractivity contribution is 0.0594. The standard InChI is InChI=1S/C16H13ClN2O3/c1-21-16(20)15-14(17)12-8-10(9-4-5-9)7-11(19(12)18-15)13-3-2-6-22-13/h2-3,6-9H,4-5H2,1H3. The van der Waals surface area contributed by atoms with Gasteiger partial charge in [-0.05, 0) is 48.6 Å². The first-order valence-electron chi connectivity index (χ1n) is 7.03. The van der Waals surface area contributed by atoms with Gasteiger partial charge in [-0.25, -0.2) is 9.31 Å². The molecule has 3 heterocycles.